The molecule has 0 unspecified atom stereocenters. The fraction of sp³-hybridized carbons (Fsp3) is 0.0833. The molecule has 0 N–H and O–H groups in total. The summed E-state index contributed by atoms with van der Waals surface area (Å²) in [5, 5.41) is 7.11. The Bertz CT molecular complexity index is 1380. The first kappa shape index (κ1) is 20.7. The van der Waals surface area contributed by atoms with Gasteiger partial charge in [-0.3, -0.25) is 0 Å². The average Bonchev–Trinajstić information content (AvgIpc) is 3.42. The second kappa shape index (κ2) is 8.07. The summed E-state index contributed by atoms with van der Waals surface area (Å²) in [4.78, 5) is 4.71. The first-order valence-corrected chi connectivity index (χ1v) is 11.0. The van der Waals surface area contributed by atoms with E-state index in [1.165, 1.54) is 15.9 Å². The topological polar surface area (TPSA) is 30.2 Å². The van der Waals surface area contributed by atoms with E-state index in [-0.39, 0.29) is 5.65 Å². The van der Waals surface area contributed by atoms with Crippen molar-refractivity contribution < 1.29 is 13.2 Å². The molecule has 2 aromatic carbocycles. The van der Waals surface area contributed by atoms with Gasteiger partial charge in [-0.05, 0) is 40.8 Å². The first-order chi connectivity index (χ1) is 15.4. The number of hydrogen-bond donors (Lipinski definition) is 0. The summed E-state index contributed by atoms with van der Waals surface area (Å²) in [5.74, 6) is 0. The Balaban J connectivity index is 1.83. The minimum Gasteiger partial charge on any atom is -0.223 e. The Morgan fingerprint density at radius 3 is 2.34 bits per heavy atom. The maximum absolute atomic E-state index is 13.8. The van der Waals surface area contributed by atoms with Crippen LogP contribution in [0.3, 0.4) is 0 Å². The standard InChI is InChI=1S/C24H15ClF3N3S/c25-17-10-8-16(9-11-17)22-18(13-15-5-2-1-3-6-15)30-31-19(20-7-4-12-32-20)14-21(24(26,27)28)29-23(22)31/h1-12,14H,13H2. The van der Waals surface area contributed by atoms with Crippen molar-refractivity contribution in [1.29, 1.82) is 0 Å². The van der Waals surface area contributed by atoms with E-state index in [9.17, 15) is 13.2 Å². The lowest BCUT2D eigenvalue weighted by Crippen LogP contribution is -2.10. The SMILES string of the molecule is FC(F)(F)c1cc(-c2cccs2)n2nc(Cc3ccccc3)c(-c3ccc(Cl)cc3)c2n1. The highest BCUT2D eigenvalue weighted by molar-refractivity contribution is 7.13. The van der Waals surface area contributed by atoms with Gasteiger partial charge < -0.3 is 0 Å². The Hall–Kier alpha value is -3.16. The zero-order valence-corrected chi connectivity index (χ0v) is 18.0. The molecule has 0 spiro atoms. The van der Waals surface area contributed by atoms with Crippen molar-refractivity contribution in [3.63, 3.8) is 0 Å². The van der Waals surface area contributed by atoms with Gasteiger partial charge in [-0.25, -0.2) is 9.50 Å². The zero-order chi connectivity index (χ0) is 22.3. The second-order valence-electron chi connectivity index (χ2n) is 7.23. The van der Waals surface area contributed by atoms with E-state index in [0.717, 1.165) is 11.6 Å². The molecule has 0 aliphatic rings. The molecule has 0 bridgehead atoms. The van der Waals surface area contributed by atoms with Gasteiger partial charge in [0.2, 0.25) is 0 Å². The summed E-state index contributed by atoms with van der Waals surface area (Å²) in [6.07, 6.45) is -4.14. The van der Waals surface area contributed by atoms with Crippen molar-refractivity contribution in [3.8, 4) is 21.7 Å². The first-order valence-electron chi connectivity index (χ1n) is 9.74. The smallest absolute Gasteiger partial charge is 0.223 e. The third kappa shape index (κ3) is 3.89. The van der Waals surface area contributed by atoms with Crippen LogP contribution in [0.5, 0.6) is 0 Å². The van der Waals surface area contributed by atoms with Gasteiger partial charge >= 0.3 is 6.18 Å². The minimum absolute atomic E-state index is 0.163. The number of hydrogen-bond acceptors (Lipinski definition) is 3. The maximum atomic E-state index is 13.8. The van der Waals surface area contributed by atoms with Gasteiger partial charge in [-0.15, -0.1) is 11.3 Å². The number of thiophene rings is 1. The van der Waals surface area contributed by atoms with Crippen molar-refractivity contribution in [2.45, 2.75) is 12.6 Å². The molecule has 32 heavy (non-hydrogen) atoms. The molecule has 8 heteroatoms. The van der Waals surface area contributed by atoms with Crippen LogP contribution >= 0.6 is 22.9 Å². The normalized spacial score (nSPS) is 11.9. The number of halogens is 4. The zero-order valence-electron chi connectivity index (χ0n) is 16.5. The van der Waals surface area contributed by atoms with Gasteiger partial charge in [0.1, 0.15) is 5.69 Å². The lowest BCUT2D eigenvalue weighted by atomic mass is 10.0. The van der Waals surface area contributed by atoms with Crippen LogP contribution in [0.15, 0.2) is 78.2 Å². The highest BCUT2D eigenvalue weighted by Crippen LogP contribution is 2.37. The second-order valence-corrected chi connectivity index (χ2v) is 8.61. The summed E-state index contributed by atoms with van der Waals surface area (Å²) in [6, 6.07) is 21.3. The van der Waals surface area contributed by atoms with Crippen molar-refractivity contribution >= 4 is 28.6 Å². The molecule has 0 amide bonds. The van der Waals surface area contributed by atoms with Gasteiger partial charge in [0, 0.05) is 11.4 Å². The molecular weight excluding hydrogens is 455 g/mol. The molecule has 3 nitrogen and oxygen atoms in total. The van der Waals surface area contributed by atoms with E-state index in [1.54, 1.807) is 36.4 Å². The van der Waals surface area contributed by atoms with E-state index in [1.807, 2.05) is 35.7 Å². The molecular formula is C24H15ClF3N3S. The molecule has 3 aromatic heterocycles. The Morgan fingerprint density at radius 2 is 1.69 bits per heavy atom. The molecule has 0 saturated heterocycles. The predicted molar refractivity (Wildman–Crippen MR) is 121 cm³/mol. The third-order valence-corrected chi connectivity index (χ3v) is 6.22. The minimum atomic E-state index is -4.59. The largest absolute Gasteiger partial charge is 0.433 e. The number of fused-ring (bicyclic) bond motifs is 1. The number of rotatable bonds is 4. The number of benzene rings is 2. The molecule has 5 aromatic rings. The molecule has 160 valence electrons. The Kier molecular flexibility index (Phi) is 5.23. The van der Waals surface area contributed by atoms with E-state index in [0.29, 0.717) is 38.8 Å². The lowest BCUT2D eigenvalue weighted by molar-refractivity contribution is -0.141. The lowest BCUT2D eigenvalue weighted by Gasteiger charge is -2.10. The fourth-order valence-corrected chi connectivity index (χ4v) is 4.48. The maximum Gasteiger partial charge on any atom is 0.433 e. The molecule has 0 atom stereocenters. The highest BCUT2D eigenvalue weighted by Gasteiger charge is 2.35. The Labute approximate surface area is 190 Å². The molecule has 0 saturated carbocycles. The van der Waals surface area contributed by atoms with Crippen LogP contribution in [0.1, 0.15) is 17.0 Å². The number of nitrogens with zero attached hydrogens (tertiary/aromatic N) is 3. The van der Waals surface area contributed by atoms with E-state index >= 15 is 0 Å². The third-order valence-electron chi connectivity index (χ3n) is 5.07. The molecule has 0 fully saturated rings. The van der Waals surface area contributed by atoms with E-state index < -0.39 is 11.9 Å². The molecule has 0 aliphatic heterocycles. The monoisotopic (exact) mass is 469 g/mol. The molecule has 5 rings (SSSR count). The fourth-order valence-electron chi connectivity index (χ4n) is 3.63. The van der Waals surface area contributed by atoms with Crippen molar-refractivity contribution in [2.24, 2.45) is 0 Å². The van der Waals surface area contributed by atoms with Crippen molar-refractivity contribution in [1.82, 2.24) is 14.6 Å². The van der Waals surface area contributed by atoms with Crippen LogP contribution in [0.2, 0.25) is 5.02 Å². The van der Waals surface area contributed by atoms with Crippen LogP contribution in [0.25, 0.3) is 27.3 Å². The summed E-state index contributed by atoms with van der Waals surface area (Å²) < 4.78 is 42.8. The highest BCUT2D eigenvalue weighted by atomic mass is 35.5. The quantitative estimate of drug-likeness (QED) is 0.275. The van der Waals surface area contributed by atoms with Crippen LogP contribution in [-0.2, 0) is 12.6 Å². The molecule has 0 radical (unpaired) electrons. The van der Waals surface area contributed by atoms with Gasteiger partial charge in [-0.1, -0.05) is 60.1 Å². The molecule has 0 aliphatic carbocycles. The van der Waals surface area contributed by atoms with Crippen LogP contribution in [0.4, 0.5) is 13.2 Å². The Morgan fingerprint density at radius 1 is 0.938 bits per heavy atom. The summed E-state index contributed by atoms with van der Waals surface area (Å²) in [7, 11) is 0. The molecule has 3 heterocycles. The van der Waals surface area contributed by atoms with Crippen molar-refractivity contribution in [2.75, 3.05) is 0 Å². The average molecular weight is 470 g/mol. The summed E-state index contributed by atoms with van der Waals surface area (Å²) in [5.41, 5.74) is 2.48. The van der Waals surface area contributed by atoms with Gasteiger partial charge in [0.25, 0.3) is 0 Å². The van der Waals surface area contributed by atoms with Crippen LogP contribution < -0.4 is 0 Å². The summed E-state index contributed by atoms with van der Waals surface area (Å²) in [6.45, 7) is 0. The number of alkyl halides is 3. The van der Waals surface area contributed by atoms with Gasteiger partial charge in [0.05, 0.1) is 21.8 Å². The van der Waals surface area contributed by atoms with Crippen molar-refractivity contribution in [3.05, 3.63) is 100 Å². The van der Waals surface area contributed by atoms with Crippen LogP contribution in [-0.4, -0.2) is 14.6 Å². The van der Waals surface area contributed by atoms with Gasteiger partial charge in [0.15, 0.2) is 5.65 Å². The number of aromatic nitrogens is 3. The predicted octanol–water partition coefficient (Wildman–Crippen LogP) is 7.39. The summed E-state index contributed by atoms with van der Waals surface area (Å²) >= 11 is 7.41. The van der Waals surface area contributed by atoms with Crippen LogP contribution in [0, 0.1) is 0 Å². The van der Waals surface area contributed by atoms with E-state index in [2.05, 4.69) is 4.98 Å². The van der Waals surface area contributed by atoms with E-state index in [4.69, 9.17) is 16.7 Å². The van der Waals surface area contributed by atoms with Gasteiger partial charge in [-0.2, -0.15) is 18.3 Å².